The van der Waals surface area contributed by atoms with E-state index in [1.165, 1.54) is 0 Å². The molecule has 4 fully saturated rings. The molecule has 0 heterocycles. The third-order valence-corrected chi connectivity index (χ3v) is 12.1. The highest BCUT2D eigenvalue weighted by molar-refractivity contribution is 6.13. The molecular weight excluding hydrogens is 500 g/mol. The lowest BCUT2D eigenvalue weighted by Gasteiger charge is -2.34. The monoisotopic (exact) mass is 538 g/mol. The third-order valence-electron chi connectivity index (χ3n) is 12.1. The Morgan fingerprint density at radius 2 is 1.64 bits per heavy atom. The van der Waals surface area contributed by atoms with Crippen LogP contribution in [0.2, 0.25) is 0 Å². The highest BCUT2D eigenvalue weighted by Crippen LogP contribution is 2.69. The normalized spacial score (nSPS) is 46.2. The molecule has 9 atom stereocenters. The van der Waals surface area contributed by atoms with E-state index in [0.717, 1.165) is 5.57 Å². The molecule has 0 aliphatic heterocycles. The molecule has 4 saturated carbocycles. The van der Waals surface area contributed by atoms with Gasteiger partial charge in [0.1, 0.15) is 0 Å². The van der Waals surface area contributed by atoms with E-state index in [0.29, 0.717) is 49.7 Å². The second kappa shape index (κ2) is 7.93. The maximum absolute atomic E-state index is 13.8. The van der Waals surface area contributed by atoms with Gasteiger partial charge in [-0.15, -0.1) is 0 Å². The van der Waals surface area contributed by atoms with Crippen LogP contribution in [0.25, 0.3) is 0 Å². The fraction of sp³-hybridized carbons (Fsp3) is 0.677. The number of esters is 1. The number of Topliss-reactive ketones (excluding diaryl/α,β-unsaturated/α-hetero) is 2. The molecule has 0 bridgehead atoms. The topological polar surface area (TPSA) is 127 Å². The van der Waals surface area contributed by atoms with Gasteiger partial charge in [0, 0.05) is 35.0 Å². The van der Waals surface area contributed by atoms with E-state index in [-0.39, 0.29) is 59.3 Å². The molecule has 0 aromatic carbocycles. The molecule has 0 aromatic heterocycles. The molecule has 8 nitrogen and oxygen atoms in total. The van der Waals surface area contributed by atoms with Gasteiger partial charge >= 0.3 is 11.9 Å². The minimum Gasteiger partial charge on any atom is -0.504 e. The van der Waals surface area contributed by atoms with Gasteiger partial charge in [0.05, 0.1) is 17.4 Å². The van der Waals surface area contributed by atoms with E-state index < -0.39 is 33.6 Å². The zero-order chi connectivity index (χ0) is 28.4. The standard InChI is InChI=1S/C31H38O8/c1-14-22(32)25(18-8-16-9-28(2,26(35)36)11-19(16)30(14,18)4)39-27(37)29(3)10-15-7-17-23(33)24(34)21(13-38-6)31(17,5)20(15)12-29/h15-17,19-20,34H,1,7-13H2,2-6H3,(H,35,36)/t15-,16-,17-,19+,20+,28-,29-,30+,31+/m0/s1. The number of carboxylic acids is 1. The summed E-state index contributed by atoms with van der Waals surface area (Å²) in [6.07, 6.45) is 3.17. The van der Waals surface area contributed by atoms with Crippen molar-refractivity contribution in [2.24, 2.45) is 51.2 Å². The predicted octanol–water partition coefficient (Wildman–Crippen LogP) is 4.55. The van der Waals surface area contributed by atoms with Crippen molar-refractivity contribution in [3.8, 4) is 0 Å². The van der Waals surface area contributed by atoms with Crippen molar-refractivity contribution in [2.75, 3.05) is 13.7 Å². The average molecular weight is 539 g/mol. The number of carbonyl (C=O) groups excluding carboxylic acids is 3. The summed E-state index contributed by atoms with van der Waals surface area (Å²) in [6, 6.07) is 0. The Morgan fingerprint density at radius 1 is 1.00 bits per heavy atom. The van der Waals surface area contributed by atoms with Gasteiger partial charge in [-0.25, -0.2) is 0 Å². The van der Waals surface area contributed by atoms with Gasteiger partial charge in [0.15, 0.2) is 11.5 Å². The van der Waals surface area contributed by atoms with Crippen molar-refractivity contribution in [3.05, 3.63) is 34.8 Å². The lowest BCUT2D eigenvalue weighted by Crippen LogP contribution is -2.34. The number of ketones is 2. The van der Waals surface area contributed by atoms with E-state index in [9.17, 15) is 29.4 Å². The van der Waals surface area contributed by atoms with Gasteiger partial charge < -0.3 is 19.7 Å². The van der Waals surface area contributed by atoms with Gasteiger partial charge in [-0.3, -0.25) is 19.2 Å². The first-order chi connectivity index (χ1) is 18.1. The van der Waals surface area contributed by atoms with Crippen molar-refractivity contribution in [1.82, 2.24) is 0 Å². The van der Waals surface area contributed by atoms with Gasteiger partial charge in [-0.05, 0) is 81.6 Å². The van der Waals surface area contributed by atoms with Crippen molar-refractivity contribution in [1.29, 1.82) is 0 Å². The molecular formula is C31H38O8. The summed E-state index contributed by atoms with van der Waals surface area (Å²) in [5.41, 5.74) is -1.13. The van der Waals surface area contributed by atoms with E-state index in [4.69, 9.17) is 9.47 Å². The SMILES string of the molecule is C=C1C(=O)C(OC(=O)[C@@]2(C)C[C@@H]3C[C@H]4C(=O)C(O)=C(COC)[C@@]4(C)[C@@H]3C2)=C2C[C@H]3C[C@](C)(C(=O)O)C[C@H]3[C@]12C. The van der Waals surface area contributed by atoms with Crippen LogP contribution < -0.4 is 0 Å². The van der Waals surface area contributed by atoms with E-state index in [1.807, 2.05) is 20.8 Å². The number of allylic oxidation sites excluding steroid dienone is 3. The van der Waals surface area contributed by atoms with E-state index >= 15 is 0 Å². The van der Waals surface area contributed by atoms with Gasteiger partial charge in [-0.2, -0.15) is 0 Å². The van der Waals surface area contributed by atoms with Crippen LogP contribution >= 0.6 is 0 Å². The molecule has 0 saturated heterocycles. The van der Waals surface area contributed by atoms with Crippen LogP contribution in [-0.4, -0.2) is 47.4 Å². The number of fused-ring (bicyclic) bond motifs is 6. The van der Waals surface area contributed by atoms with Crippen LogP contribution in [0, 0.1) is 51.2 Å². The Balaban J connectivity index is 1.26. The first-order valence-electron chi connectivity index (χ1n) is 14.0. The lowest BCUT2D eigenvalue weighted by molar-refractivity contribution is -0.152. The average Bonchev–Trinajstić information content (AvgIpc) is 3.62. The van der Waals surface area contributed by atoms with Crippen LogP contribution in [0.15, 0.2) is 34.8 Å². The van der Waals surface area contributed by atoms with E-state index in [2.05, 4.69) is 6.58 Å². The zero-order valence-electron chi connectivity index (χ0n) is 23.4. The van der Waals surface area contributed by atoms with Crippen molar-refractivity contribution < 1.29 is 38.9 Å². The molecule has 0 radical (unpaired) electrons. The maximum Gasteiger partial charge on any atom is 0.317 e. The molecule has 6 rings (SSSR count). The summed E-state index contributed by atoms with van der Waals surface area (Å²) < 4.78 is 11.3. The maximum atomic E-state index is 13.8. The Morgan fingerprint density at radius 3 is 2.28 bits per heavy atom. The molecule has 6 aliphatic carbocycles. The number of rotatable bonds is 5. The van der Waals surface area contributed by atoms with Gasteiger partial charge in [-0.1, -0.05) is 20.4 Å². The number of ether oxygens (including phenoxy) is 2. The van der Waals surface area contributed by atoms with Gasteiger partial charge in [0.25, 0.3) is 0 Å². The van der Waals surface area contributed by atoms with Crippen LogP contribution in [0.3, 0.4) is 0 Å². The Kier molecular flexibility index (Phi) is 5.38. The zero-order valence-corrected chi connectivity index (χ0v) is 23.4. The highest BCUT2D eigenvalue weighted by atomic mass is 16.5. The smallest absolute Gasteiger partial charge is 0.317 e. The Bertz CT molecular complexity index is 1320. The minimum absolute atomic E-state index is 0.00972. The summed E-state index contributed by atoms with van der Waals surface area (Å²) in [5, 5.41) is 20.4. The van der Waals surface area contributed by atoms with Crippen molar-refractivity contribution >= 4 is 23.5 Å². The second-order valence-electron chi connectivity index (χ2n) is 14.1. The number of aliphatic carboxylic acids is 1. The molecule has 39 heavy (non-hydrogen) atoms. The van der Waals surface area contributed by atoms with Crippen LogP contribution in [-0.2, 0) is 28.7 Å². The van der Waals surface area contributed by atoms with Gasteiger partial charge in [0.2, 0.25) is 11.6 Å². The fourth-order valence-electron chi connectivity index (χ4n) is 9.92. The first-order valence-corrected chi connectivity index (χ1v) is 14.0. The number of hydrogen-bond donors (Lipinski definition) is 2. The summed E-state index contributed by atoms with van der Waals surface area (Å²) in [7, 11) is 1.54. The number of aliphatic hydroxyl groups excluding tert-OH is 1. The first kappa shape index (κ1) is 26.5. The Labute approximate surface area is 228 Å². The molecule has 8 heteroatoms. The second-order valence-corrected chi connectivity index (χ2v) is 14.1. The summed E-state index contributed by atoms with van der Waals surface area (Å²) in [5.74, 6) is -2.04. The quantitative estimate of drug-likeness (QED) is 0.386. The van der Waals surface area contributed by atoms with Crippen LogP contribution in [0.1, 0.15) is 66.2 Å². The third kappa shape index (κ3) is 3.10. The summed E-state index contributed by atoms with van der Waals surface area (Å²) >= 11 is 0. The molecule has 0 amide bonds. The molecule has 0 aromatic rings. The molecule has 210 valence electrons. The number of methoxy groups -OCH3 is 1. The minimum atomic E-state index is -0.840. The van der Waals surface area contributed by atoms with Crippen LogP contribution in [0.4, 0.5) is 0 Å². The number of aliphatic hydroxyl groups is 1. The Hall–Kier alpha value is -2.74. The molecule has 2 N–H and O–H groups in total. The highest BCUT2D eigenvalue weighted by Gasteiger charge is 2.68. The lowest BCUT2D eigenvalue weighted by atomic mass is 9.69. The number of carbonyl (C=O) groups is 4. The summed E-state index contributed by atoms with van der Waals surface area (Å²) in [4.78, 5) is 52.0. The molecule has 0 unspecified atom stereocenters. The van der Waals surface area contributed by atoms with E-state index in [1.54, 1.807) is 14.0 Å². The largest absolute Gasteiger partial charge is 0.504 e. The van der Waals surface area contributed by atoms with Crippen molar-refractivity contribution in [3.63, 3.8) is 0 Å². The predicted molar refractivity (Wildman–Crippen MR) is 139 cm³/mol. The molecule has 6 aliphatic rings. The number of carboxylic acid groups (broad SMARTS) is 1. The molecule has 0 spiro atoms. The fourth-order valence-corrected chi connectivity index (χ4v) is 9.92. The van der Waals surface area contributed by atoms with Crippen LogP contribution in [0.5, 0.6) is 0 Å². The van der Waals surface area contributed by atoms with Crippen molar-refractivity contribution in [2.45, 2.75) is 66.2 Å². The number of hydrogen-bond acceptors (Lipinski definition) is 7. The summed E-state index contributed by atoms with van der Waals surface area (Å²) in [6.45, 7) is 11.9.